The Kier molecular flexibility index (Phi) is 28.3. The maximum Gasteiger partial charge on any atom is 0.243 e. The molecule has 0 spiro atoms. The summed E-state index contributed by atoms with van der Waals surface area (Å²) < 4.78 is 61.2. The second-order valence-electron chi connectivity index (χ2n) is 18.6. The van der Waals surface area contributed by atoms with E-state index in [0.29, 0.717) is 37.3 Å². The number of nitrogens with zero attached hydrogens (tertiary/aromatic N) is 3. The molecule has 0 radical (unpaired) electrons. The Labute approximate surface area is 387 Å². The molecule has 1 aliphatic carbocycles. The van der Waals surface area contributed by atoms with E-state index in [1.165, 1.54) is 128 Å². The largest absolute Gasteiger partial charge is 0.410 e. The highest BCUT2D eigenvalue weighted by molar-refractivity contribution is 7.89. The van der Waals surface area contributed by atoms with Crippen molar-refractivity contribution < 1.29 is 22.0 Å². The molecule has 63 heavy (non-hydrogen) atoms. The molecule has 8 nitrogen and oxygen atoms in total. The SMILES string of the molecule is CCCCCCCCCCN(CCCCCCCCCC)S(=O)(=O)c1ccc2c(c1)C(=NO)c1cc(S(=O)(=O)N(CCCCCCCCCC)CCCCCCCCCC)ccc1-2. The summed E-state index contributed by atoms with van der Waals surface area (Å²) in [5.41, 5.74) is 2.72. The lowest BCUT2D eigenvalue weighted by Crippen LogP contribution is -2.33. The zero-order valence-electron chi connectivity index (χ0n) is 40.7. The normalized spacial score (nSPS) is 12.8. The van der Waals surface area contributed by atoms with Crippen LogP contribution in [0, 0.1) is 0 Å². The molecule has 2 aromatic carbocycles. The molecule has 2 aromatic rings. The van der Waals surface area contributed by atoms with Gasteiger partial charge in [-0.15, -0.1) is 0 Å². The van der Waals surface area contributed by atoms with Crippen molar-refractivity contribution in [1.82, 2.24) is 8.61 Å². The van der Waals surface area contributed by atoms with Crippen LogP contribution in [0.2, 0.25) is 0 Å². The smallest absolute Gasteiger partial charge is 0.243 e. The third-order valence-electron chi connectivity index (χ3n) is 13.2. The van der Waals surface area contributed by atoms with Crippen LogP contribution < -0.4 is 0 Å². The van der Waals surface area contributed by atoms with Gasteiger partial charge >= 0.3 is 0 Å². The lowest BCUT2D eigenvalue weighted by Gasteiger charge is -2.23. The first kappa shape index (κ1) is 55.1. The predicted molar refractivity (Wildman–Crippen MR) is 267 cm³/mol. The number of rotatable bonds is 40. The van der Waals surface area contributed by atoms with Gasteiger partial charge in [-0.05, 0) is 61.1 Å². The third-order valence-corrected chi connectivity index (χ3v) is 17.0. The molecule has 0 amide bonds. The van der Waals surface area contributed by atoms with Gasteiger partial charge < -0.3 is 5.21 Å². The molecule has 0 aromatic heterocycles. The van der Waals surface area contributed by atoms with Crippen molar-refractivity contribution in [1.29, 1.82) is 0 Å². The van der Waals surface area contributed by atoms with E-state index in [1.807, 2.05) is 0 Å². The fraction of sp³-hybridized carbons (Fsp3) is 0.755. The van der Waals surface area contributed by atoms with Crippen LogP contribution in [-0.2, 0) is 20.0 Å². The fourth-order valence-corrected chi connectivity index (χ4v) is 12.3. The minimum atomic E-state index is -3.84. The highest BCUT2D eigenvalue weighted by Gasteiger charge is 2.33. The van der Waals surface area contributed by atoms with Crippen molar-refractivity contribution in [2.45, 2.75) is 243 Å². The highest BCUT2D eigenvalue weighted by Crippen LogP contribution is 2.40. The van der Waals surface area contributed by atoms with Crippen LogP contribution in [0.15, 0.2) is 51.3 Å². The second-order valence-corrected chi connectivity index (χ2v) is 22.4. The maximum atomic E-state index is 14.4. The predicted octanol–water partition coefficient (Wildman–Crippen LogP) is 15.4. The Hall–Kier alpha value is -2.27. The van der Waals surface area contributed by atoms with E-state index >= 15 is 0 Å². The van der Waals surface area contributed by atoms with Crippen molar-refractivity contribution in [3.05, 3.63) is 47.5 Å². The van der Waals surface area contributed by atoms with Crippen LogP contribution >= 0.6 is 0 Å². The standard InChI is InChI=1S/C53H91N3O5S2/c1-5-9-13-17-21-25-29-33-41-55(42-34-30-26-22-18-14-10-6-2)62(58,59)47-37-39-49-50-40-38-48(46-52(50)53(54-57)51(49)45-47)63(60,61)56(43-35-31-27-23-19-15-11-7-3)44-36-32-28-24-20-16-12-8-4/h37-40,45-46,57H,5-36,41-44H2,1-4H3. The molecule has 0 fully saturated rings. The summed E-state index contributed by atoms with van der Waals surface area (Å²) in [6.07, 6.45) is 36.7. The summed E-state index contributed by atoms with van der Waals surface area (Å²) in [4.78, 5) is 0.369. The number of sulfonamides is 2. The van der Waals surface area contributed by atoms with Crippen LogP contribution in [0.5, 0.6) is 0 Å². The molecule has 0 saturated heterocycles. The topological polar surface area (TPSA) is 107 Å². The van der Waals surface area contributed by atoms with Crippen LogP contribution in [0.3, 0.4) is 0 Å². The molecule has 0 atom stereocenters. The number of hydrogen-bond acceptors (Lipinski definition) is 6. The zero-order chi connectivity index (χ0) is 45.6. The van der Waals surface area contributed by atoms with Gasteiger partial charge in [0.1, 0.15) is 5.71 Å². The summed E-state index contributed by atoms with van der Waals surface area (Å²) in [7, 11) is -7.68. The van der Waals surface area contributed by atoms with Gasteiger partial charge in [0.2, 0.25) is 20.0 Å². The van der Waals surface area contributed by atoms with Crippen LogP contribution in [0.1, 0.15) is 244 Å². The molecule has 0 unspecified atom stereocenters. The van der Waals surface area contributed by atoms with Crippen LogP contribution in [0.4, 0.5) is 0 Å². The van der Waals surface area contributed by atoms with Gasteiger partial charge in [-0.3, -0.25) is 0 Å². The summed E-state index contributed by atoms with van der Waals surface area (Å²) in [6.45, 7) is 10.9. The molecule has 0 saturated carbocycles. The van der Waals surface area contributed by atoms with E-state index in [9.17, 15) is 22.0 Å². The molecule has 1 N–H and O–H groups in total. The van der Waals surface area contributed by atoms with Gasteiger partial charge in [0.15, 0.2) is 0 Å². The molecule has 360 valence electrons. The van der Waals surface area contributed by atoms with Gasteiger partial charge in [0, 0.05) is 37.3 Å². The summed E-state index contributed by atoms with van der Waals surface area (Å²) >= 11 is 0. The molecule has 0 heterocycles. The van der Waals surface area contributed by atoms with Crippen LogP contribution in [0.25, 0.3) is 11.1 Å². The first-order valence-corrected chi connectivity index (χ1v) is 29.1. The van der Waals surface area contributed by atoms with Gasteiger partial charge in [-0.1, -0.05) is 225 Å². The number of hydrogen-bond donors (Lipinski definition) is 1. The number of oxime groups is 1. The van der Waals surface area contributed by atoms with E-state index in [2.05, 4.69) is 32.9 Å². The summed E-state index contributed by atoms with van der Waals surface area (Å²) in [5.74, 6) is 0. The molecule has 3 rings (SSSR count). The van der Waals surface area contributed by atoms with Gasteiger partial charge in [0.05, 0.1) is 9.79 Å². The van der Waals surface area contributed by atoms with Crippen molar-refractivity contribution in [2.75, 3.05) is 26.2 Å². The number of unbranched alkanes of at least 4 members (excludes halogenated alkanes) is 28. The lowest BCUT2D eigenvalue weighted by atomic mass is 10.1. The van der Waals surface area contributed by atoms with Crippen molar-refractivity contribution >= 4 is 25.8 Å². The van der Waals surface area contributed by atoms with E-state index in [0.717, 1.165) is 88.2 Å². The summed E-state index contributed by atoms with van der Waals surface area (Å²) in [5, 5.41) is 14.2. The first-order valence-electron chi connectivity index (χ1n) is 26.2. The Morgan fingerprint density at radius 1 is 0.365 bits per heavy atom. The summed E-state index contributed by atoms with van der Waals surface area (Å²) in [6, 6.07) is 10.2. The Bertz CT molecular complexity index is 1610. The minimum absolute atomic E-state index is 0.184. The lowest BCUT2D eigenvalue weighted by molar-refractivity contribution is 0.320. The molecule has 10 heteroatoms. The van der Waals surface area contributed by atoms with Crippen LogP contribution in [-0.4, -0.2) is 62.5 Å². The monoisotopic (exact) mass is 914 g/mol. The Balaban J connectivity index is 1.78. The fourth-order valence-electron chi connectivity index (χ4n) is 9.17. The first-order chi connectivity index (χ1) is 30.7. The average molecular weight is 914 g/mol. The van der Waals surface area contributed by atoms with Crippen molar-refractivity contribution in [3.63, 3.8) is 0 Å². The molecule has 0 aliphatic heterocycles. The van der Waals surface area contributed by atoms with E-state index in [4.69, 9.17) is 0 Å². The van der Waals surface area contributed by atoms with Gasteiger partial charge in [-0.2, -0.15) is 8.61 Å². The number of benzene rings is 2. The highest BCUT2D eigenvalue weighted by atomic mass is 32.2. The van der Waals surface area contributed by atoms with Gasteiger partial charge in [-0.25, -0.2) is 16.8 Å². The van der Waals surface area contributed by atoms with E-state index in [-0.39, 0.29) is 15.5 Å². The zero-order valence-corrected chi connectivity index (χ0v) is 42.3. The quantitative estimate of drug-likeness (QED) is 0.0347. The average Bonchev–Trinajstić information content (AvgIpc) is 3.60. The maximum absolute atomic E-state index is 14.4. The van der Waals surface area contributed by atoms with E-state index in [1.54, 1.807) is 45.0 Å². The third kappa shape index (κ3) is 19.2. The molecular formula is C53H91N3O5S2. The van der Waals surface area contributed by atoms with E-state index < -0.39 is 20.0 Å². The Morgan fingerprint density at radius 2 is 0.603 bits per heavy atom. The second kappa shape index (κ2) is 32.4. The molecular weight excluding hydrogens is 823 g/mol. The van der Waals surface area contributed by atoms with Crippen molar-refractivity contribution in [3.8, 4) is 11.1 Å². The minimum Gasteiger partial charge on any atom is -0.410 e. The molecule has 1 aliphatic rings. The van der Waals surface area contributed by atoms with Crippen molar-refractivity contribution in [2.24, 2.45) is 5.16 Å². The molecule has 0 bridgehead atoms. The van der Waals surface area contributed by atoms with Gasteiger partial charge in [0.25, 0.3) is 0 Å². The Morgan fingerprint density at radius 3 is 0.841 bits per heavy atom. The number of fused-ring (bicyclic) bond motifs is 3.